The van der Waals surface area contributed by atoms with Crippen LogP contribution in [0.25, 0.3) is 21.5 Å². The number of hydrogen-bond donors (Lipinski definition) is 1. The number of likely N-dealkylation sites (tertiary alicyclic amines) is 1. The number of imide groups is 1. The number of thiophene rings is 1. The Labute approximate surface area is 200 Å². The molecule has 4 heterocycles. The van der Waals surface area contributed by atoms with Gasteiger partial charge in [0, 0.05) is 35.0 Å². The van der Waals surface area contributed by atoms with E-state index < -0.39 is 0 Å². The molecule has 3 fully saturated rings. The molecule has 6 rings (SSSR count). The molecule has 3 aliphatic rings. The zero-order valence-corrected chi connectivity index (χ0v) is 19.7. The van der Waals surface area contributed by atoms with E-state index in [4.69, 9.17) is 16.3 Å². The zero-order chi connectivity index (χ0) is 22.7. The van der Waals surface area contributed by atoms with Crippen LogP contribution in [-0.4, -0.2) is 52.5 Å². The fraction of sp³-hybridized carbons (Fsp3) is 0.417. The lowest BCUT2D eigenvalue weighted by molar-refractivity contribution is -0.141. The van der Waals surface area contributed by atoms with Crippen molar-refractivity contribution in [3.8, 4) is 11.3 Å². The molecule has 7 nitrogen and oxygen atoms in total. The van der Waals surface area contributed by atoms with Crippen LogP contribution in [0.15, 0.2) is 24.5 Å². The number of ether oxygens (including phenoxy) is 1. The molecule has 1 aromatic carbocycles. The summed E-state index contributed by atoms with van der Waals surface area (Å²) in [5.41, 5.74) is 4.87. The Hall–Kier alpha value is -2.39. The fourth-order valence-corrected chi connectivity index (χ4v) is 6.34. The first-order valence-corrected chi connectivity index (χ1v) is 12.4. The van der Waals surface area contributed by atoms with Gasteiger partial charge in [-0.1, -0.05) is 11.6 Å². The van der Waals surface area contributed by atoms with Crippen molar-refractivity contribution < 1.29 is 14.3 Å². The van der Waals surface area contributed by atoms with E-state index in [1.165, 1.54) is 16.2 Å². The molecule has 1 N–H and O–H groups in total. The normalized spacial score (nSPS) is 24.5. The quantitative estimate of drug-likeness (QED) is 0.561. The topological polar surface area (TPSA) is 84.4 Å². The molecule has 1 aliphatic carbocycles. The molecule has 3 atom stereocenters. The summed E-state index contributed by atoms with van der Waals surface area (Å²) < 4.78 is 6.89. The summed E-state index contributed by atoms with van der Waals surface area (Å²) >= 11 is 8.00. The van der Waals surface area contributed by atoms with E-state index in [0.717, 1.165) is 57.0 Å². The van der Waals surface area contributed by atoms with Crippen molar-refractivity contribution in [2.24, 2.45) is 11.8 Å². The second-order valence-electron chi connectivity index (χ2n) is 9.01. The highest BCUT2D eigenvalue weighted by Gasteiger charge is 2.58. The second kappa shape index (κ2) is 8.13. The van der Waals surface area contributed by atoms with Crippen molar-refractivity contribution in [3.63, 3.8) is 0 Å². The number of aryl methyl sites for hydroxylation is 1. The Morgan fingerprint density at radius 1 is 1.21 bits per heavy atom. The lowest BCUT2D eigenvalue weighted by Crippen LogP contribution is -2.39. The molecule has 2 amide bonds. The fourth-order valence-electron chi connectivity index (χ4n) is 4.97. The Morgan fingerprint density at radius 2 is 2.03 bits per heavy atom. The summed E-state index contributed by atoms with van der Waals surface area (Å²) in [6.45, 7) is 4.75. The number of morpholine rings is 1. The van der Waals surface area contributed by atoms with Crippen molar-refractivity contribution in [3.05, 3.63) is 45.6 Å². The molecular weight excluding hydrogens is 460 g/mol. The summed E-state index contributed by atoms with van der Waals surface area (Å²) in [6.07, 6.45) is 3.13. The van der Waals surface area contributed by atoms with Crippen molar-refractivity contribution in [1.82, 2.24) is 20.2 Å². The van der Waals surface area contributed by atoms with E-state index in [1.807, 2.05) is 18.2 Å². The van der Waals surface area contributed by atoms with Crippen LogP contribution < -0.4 is 5.32 Å². The number of benzene rings is 1. The monoisotopic (exact) mass is 482 g/mol. The summed E-state index contributed by atoms with van der Waals surface area (Å²) in [5.74, 6) is -0.253. The number of nitrogens with zero attached hydrogens (tertiary/aromatic N) is 3. The number of piperidine rings is 1. The van der Waals surface area contributed by atoms with Crippen molar-refractivity contribution >= 4 is 45.0 Å². The van der Waals surface area contributed by atoms with Gasteiger partial charge in [-0.3, -0.25) is 14.5 Å². The zero-order valence-electron chi connectivity index (χ0n) is 18.1. The third-order valence-electron chi connectivity index (χ3n) is 6.76. The van der Waals surface area contributed by atoms with E-state index in [-0.39, 0.29) is 29.8 Å². The number of rotatable bonds is 5. The molecule has 0 spiro atoms. The molecule has 9 heteroatoms. The van der Waals surface area contributed by atoms with Gasteiger partial charge in [-0.25, -0.2) is 9.97 Å². The average Bonchev–Trinajstić information content (AvgIpc) is 3.44. The average molecular weight is 483 g/mol. The molecule has 2 unspecified atom stereocenters. The van der Waals surface area contributed by atoms with E-state index >= 15 is 0 Å². The first kappa shape index (κ1) is 21.2. The summed E-state index contributed by atoms with van der Waals surface area (Å²) in [6, 6.07) is 5.90. The minimum Gasteiger partial charge on any atom is -0.375 e. The minimum atomic E-state index is -0.0873. The minimum absolute atomic E-state index is 0.0393. The summed E-state index contributed by atoms with van der Waals surface area (Å²) in [5, 5.41) is 4.05. The Balaban J connectivity index is 1.38. The third kappa shape index (κ3) is 3.75. The highest BCUT2D eigenvalue weighted by atomic mass is 35.5. The maximum Gasteiger partial charge on any atom is 0.233 e. The Kier molecular flexibility index (Phi) is 5.21. The van der Waals surface area contributed by atoms with Gasteiger partial charge in [0.15, 0.2) is 0 Å². The molecule has 2 aliphatic heterocycles. The van der Waals surface area contributed by atoms with Crippen LogP contribution in [0, 0.1) is 18.8 Å². The van der Waals surface area contributed by atoms with Crippen molar-refractivity contribution in [2.75, 3.05) is 19.7 Å². The molecule has 3 aromatic rings. The molecule has 170 valence electrons. The van der Waals surface area contributed by atoms with Crippen LogP contribution in [0.4, 0.5) is 0 Å². The number of hydrogen-bond acceptors (Lipinski definition) is 7. The van der Waals surface area contributed by atoms with Gasteiger partial charge in [-0.05, 0) is 42.7 Å². The highest BCUT2D eigenvalue weighted by Crippen LogP contribution is 2.48. The van der Waals surface area contributed by atoms with Gasteiger partial charge in [0.05, 0.1) is 47.0 Å². The van der Waals surface area contributed by atoms with Crippen LogP contribution in [-0.2, 0) is 27.3 Å². The number of fused-ring (bicyclic) bond motifs is 2. The smallest absolute Gasteiger partial charge is 0.233 e. The number of aromatic nitrogens is 2. The van der Waals surface area contributed by atoms with Crippen LogP contribution in [0.5, 0.6) is 0 Å². The maximum atomic E-state index is 12.4. The largest absolute Gasteiger partial charge is 0.375 e. The third-order valence-corrected chi connectivity index (χ3v) is 8.10. The van der Waals surface area contributed by atoms with Gasteiger partial charge in [0.1, 0.15) is 6.33 Å². The van der Waals surface area contributed by atoms with E-state index in [1.54, 1.807) is 6.33 Å². The van der Waals surface area contributed by atoms with E-state index in [9.17, 15) is 9.59 Å². The van der Waals surface area contributed by atoms with Gasteiger partial charge in [0.25, 0.3) is 0 Å². The first-order chi connectivity index (χ1) is 16.0. The standard InChI is InChI=1S/C24H23ClN4O3S/c1-12-4-13(25)5-17(16(12)6-14-9-26-2-3-32-14)21-22-20(27-11-28-21)7-15(33-22)10-29-23(30)18-8-19(18)24(29)31/h4-5,7,11,14,18-19,26H,2-3,6,8-10H2,1H3/t14-,18?,19?/m1/s1. The van der Waals surface area contributed by atoms with Crippen LogP contribution >= 0.6 is 22.9 Å². The summed E-state index contributed by atoms with van der Waals surface area (Å²) in [4.78, 5) is 36.3. The SMILES string of the molecule is Cc1cc(Cl)cc(-c2ncnc3cc(CN4C(=O)C5CC5C4=O)sc23)c1C[C@@H]1CNCCO1. The van der Waals surface area contributed by atoms with Crippen molar-refractivity contribution in [2.45, 2.75) is 32.4 Å². The van der Waals surface area contributed by atoms with Gasteiger partial charge in [-0.2, -0.15) is 0 Å². The van der Waals surface area contributed by atoms with Crippen LogP contribution in [0.3, 0.4) is 0 Å². The van der Waals surface area contributed by atoms with Gasteiger partial charge >= 0.3 is 0 Å². The maximum absolute atomic E-state index is 12.4. The molecule has 0 bridgehead atoms. The molecule has 2 aromatic heterocycles. The highest BCUT2D eigenvalue weighted by molar-refractivity contribution is 7.19. The van der Waals surface area contributed by atoms with Crippen LogP contribution in [0.2, 0.25) is 5.02 Å². The molecular formula is C24H23ClN4O3S. The van der Waals surface area contributed by atoms with E-state index in [0.29, 0.717) is 24.6 Å². The van der Waals surface area contributed by atoms with Crippen molar-refractivity contribution in [1.29, 1.82) is 0 Å². The first-order valence-electron chi connectivity index (χ1n) is 11.2. The Bertz CT molecular complexity index is 1270. The molecule has 2 saturated heterocycles. The predicted octanol–water partition coefficient (Wildman–Crippen LogP) is 3.36. The van der Waals surface area contributed by atoms with Crippen LogP contribution in [0.1, 0.15) is 22.4 Å². The van der Waals surface area contributed by atoms with Gasteiger partial charge < -0.3 is 10.1 Å². The summed E-state index contributed by atoms with van der Waals surface area (Å²) in [7, 11) is 0. The second-order valence-corrected chi connectivity index (χ2v) is 10.6. The molecule has 33 heavy (non-hydrogen) atoms. The lowest BCUT2D eigenvalue weighted by Gasteiger charge is -2.25. The van der Waals surface area contributed by atoms with E-state index in [2.05, 4.69) is 22.2 Å². The lowest BCUT2D eigenvalue weighted by atomic mass is 9.94. The van der Waals surface area contributed by atoms with Gasteiger partial charge in [0.2, 0.25) is 11.8 Å². The number of carbonyl (C=O) groups excluding carboxylic acids is 2. The molecule has 1 saturated carbocycles. The Morgan fingerprint density at radius 3 is 2.79 bits per heavy atom. The number of carbonyl (C=O) groups is 2. The number of amides is 2. The number of halogens is 1. The molecule has 0 radical (unpaired) electrons. The number of nitrogens with one attached hydrogen (secondary N) is 1. The van der Waals surface area contributed by atoms with Gasteiger partial charge in [-0.15, -0.1) is 11.3 Å². The predicted molar refractivity (Wildman–Crippen MR) is 126 cm³/mol.